The van der Waals surface area contributed by atoms with Gasteiger partial charge in [-0.05, 0) is 42.0 Å². The molecule has 0 fully saturated rings. The highest BCUT2D eigenvalue weighted by molar-refractivity contribution is 5.55. The van der Waals surface area contributed by atoms with Crippen LogP contribution in [0.1, 0.15) is 11.3 Å². The van der Waals surface area contributed by atoms with Crippen molar-refractivity contribution in [1.29, 1.82) is 0 Å². The number of rotatable bonds is 4. The second-order valence-electron chi connectivity index (χ2n) is 5.39. The average molecular weight is 351 g/mol. The minimum Gasteiger partial charge on any atom is -0.493 e. The van der Waals surface area contributed by atoms with Gasteiger partial charge in [0, 0.05) is 6.20 Å². The van der Waals surface area contributed by atoms with Gasteiger partial charge >= 0.3 is 0 Å². The molecule has 1 aromatic carbocycles. The molecule has 0 amide bonds. The summed E-state index contributed by atoms with van der Waals surface area (Å²) >= 11 is 0. The van der Waals surface area contributed by atoms with Crippen molar-refractivity contribution >= 4 is 12.2 Å². The Labute approximate surface area is 148 Å². The van der Waals surface area contributed by atoms with E-state index >= 15 is 0 Å². The first kappa shape index (κ1) is 17.2. The van der Waals surface area contributed by atoms with Crippen LogP contribution in [0.15, 0.2) is 52.2 Å². The van der Waals surface area contributed by atoms with Gasteiger partial charge in [-0.25, -0.2) is 0 Å². The number of nitrogens with one attached hydrogen (secondary N) is 2. The third-order valence-corrected chi connectivity index (χ3v) is 3.68. The molecular formula is C19H17N3O4. The van der Waals surface area contributed by atoms with Crippen LogP contribution in [0.25, 0.3) is 12.2 Å². The fourth-order valence-corrected chi connectivity index (χ4v) is 2.41. The molecule has 2 heterocycles. The number of pyridine rings is 1. The van der Waals surface area contributed by atoms with Crippen LogP contribution in [0.2, 0.25) is 0 Å². The molecule has 0 radical (unpaired) electrons. The van der Waals surface area contributed by atoms with E-state index in [1.807, 2.05) is 0 Å². The highest BCUT2D eigenvalue weighted by Crippen LogP contribution is 2.27. The molecule has 3 aromatic rings. The van der Waals surface area contributed by atoms with Gasteiger partial charge in [0.2, 0.25) is 0 Å². The molecule has 0 saturated carbocycles. The van der Waals surface area contributed by atoms with Gasteiger partial charge in [0.1, 0.15) is 10.7 Å². The smallest absolute Gasteiger partial charge is 0.272 e. The predicted molar refractivity (Wildman–Crippen MR) is 97.9 cm³/mol. The molecule has 0 spiro atoms. The highest BCUT2D eigenvalue weighted by Gasteiger charge is 2.04. The molecule has 0 aliphatic heterocycles. The molecule has 0 bridgehead atoms. The van der Waals surface area contributed by atoms with E-state index in [1.165, 1.54) is 13.2 Å². The maximum atomic E-state index is 12.3. The van der Waals surface area contributed by atoms with E-state index in [0.29, 0.717) is 22.8 Å². The number of hydrogen-bond donors (Lipinski definition) is 2. The lowest BCUT2D eigenvalue weighted by molar-refractivity contribution is 0.355. The van der Waals surface area contributed by atoms with Crippen LogP contribution in [0.3, 0.4) is 0 Å². The molecule has 2 aromatic heterocycles. The lowest BCUT2D eigenvalue weighted by atomic mass is 10.2. The van der Waals surface area contributed by atoms with E-state index in [4.69, 9.17) is 9.47 Å². The Kier molecular flexibility index (Phi) is 4.98. The maximum absolute atomic E-state index is 12.3. The maximum Gasteiger partial charge on any atom is 0.272 e. The summed E-state index contributed by atoms with van der Waals surface area (Å²) in [4.78, 5) is 33.9. The van der Waals surface area contributed by atoms with Crippen molar-refractivity contribution in [3.8, 4) is 11.5 Å². The Bertz CT molecular complexity index is 1150. The van der Waals surface area contributed by atoms with E-state index in [2.05, 4.69) is 15.0 Å². The predicted octanol–water partition coefficient (Wildman–Crippen LogP) is 0.133. The molecule has 2 N–H and O–H groups in total. The lowest BCUT2D eigenvalue weighted by Crippen LogP contribution is -2.46. The summed E-state index contributed by atoms with van der Waals surface area (Å²) in [5.41, 5.74) is 0.430. The molecular weight excluding hydrogens is 334 g/mol. The third-order valence-electron chi connectivity index (χ3n) is 3.68. The monoisotopic (exact) mass is 351 g/mol. The van der Waals surface area contributed by atoms with Crippen LogP contribution in [0, 0.1) is 0 Å². The third kappa shape index (κ3) is 3.72. The Hall–Kier alpha value is -3.61. The van der Waals surface area contributed by atoms with Crippen molar-refractivity contribution in [3.63, 3.8) is 0 Å². The van der Waals surface area contributed by atoms with Crippen LogP contribution in [0.5, 0.6) is 11.5 Å². The number of aromatic amines is 2. The number of H-pyrrole nitrogens is 2. The first-order valence-corrected chi connectivity index (χ1v) is 7.80. The number of hydrogen-bond acceptors (Lipinski definition) is 5. The summed E-state index contributed by atoms with van der Waals surface area (Å²) in [6.07, 6.45) is 4.69. The van der Waals surface area contributed by atoms with Gasteiger partial charge in [-0.2, -0.15) is 0 Å². The van der Waals surface area contributed by atoms with Crippen molar-refractivity contribution < 1.29 is 9.47 Å². The van der Waals surface area contributed by atoms with Gasteiger partial charge in [-0.15, -0.1) is 0 Å². The zero-order valence-electron chi connectivity index (χ0n) is 14.3. The first-order valence-electron chi connectivity index (χ1n) is 7.80. The molecule has 0 aliphatic rings. The van der Waals surface area contributed by atoms with Gasteiger partial charge in [0.25, 0.3) is 11.1 Å². The Balaban J connectivity index is 2.09. The molecule has 26 heavy (non-hydrogen) atoms. The van der Waals surface area contributed by atoms with Crippen molar-refractivity contribution in [1.82, 2.24) is 15.0 Å². The molecule has 0 atom stereocenters. The molecule has 0 saturated heterocycles. The van der Waals surface area contributed by atoms with Gasteiger partial charge in [0.15, 0.2) is 11.5 Å². The number of nitrogens with zero attached hydrogens (tertiary/aromatic N) is 1. The molecule has 0 aliphatic carbocycles. The van der Waals surface area contributed by atoms with E-state index in [1.54, 1.807) is 55.8 Å². The van der Waals surface area contributed by atoms with Crippen LogP contribution < -0.4 is 31.3 Å². The zero-order chi connectivity index (χ0) is 18.5. The van der Waals surface area contributed by atoms with Crippen molar-refractivity contribution in [2.75, 3.05) is 14.2 Å². The fraction of sp³-hybridized carbons (Fsp3) is 0.105. The number of methoxy groups -OCH3 is 2. The summed E-state index contributed by atoms with van der Waals surface area (Å²) in [6, 6.07) is 10.5. The molecule has 0 unspecified atom stereocenters. The normalized spacial score (nSPS) is 12.2. The van der Waals surface area contributed by atoms with Crippen LogP contribution in [-0.2, 0) is 0 Å². The van der Waals surface area contributed by atoms with Crippen molar-refractivity contribution in [3.05, 3.63) is 85.3 Å². The average Bonchev–Trinajstić information content (AvgIpc) is 2.66. The van der Waals surface area contributed by atoms with Crippen LogP contribution in [0.4, 0.5) is 0 Å². The summed E-state index contributed by atoms with van der Waals surface area (Å²) in [6.45, 7) is 0. The van der Waals surface area contributed by atoms with E-state index in [0.717, 1.165) is 0 Å². The second kappa shape index (κ2) is 7.52. The minimum absolute atomic E-state index is 0.137. The topological polar surface area (TPSA) is 97.1 Å². The summed E-state index contributed by atoms with van der Waals surface area (Å²) in [5, 5.41) is 0.276. The number of benzene rings is 1. The van der Waals surface area contributed by atoms with Crippen LogP contribution >= 0.6 is 0 Å². The number of aromatic nitrogens is 3. The molecule has 132 valence electrons. The van der Waals surface area contributed by atoms with Crippen molar-refractivity contribution in [2.45, 2.75) is 0 Å². The number of ether oxygens (including phenoxy) is 2. The summed E-state index contributed by atoms with van der Waals surface area (Å²) in [7, 11) is 3.07. The first-order chi connectivity index (χ1) is 12.6. The van der Waals surface area contributed by atoms with Gasteiger partial charge in [-0.3, -0.25) is 14.6 Å². The second-order valence-corrected chi connectivity index (χ2v) is 5.39. The van der Waals surface area contributed by atoms with Gasteiger partial charge in [-0.1, -0.05) is 12.1 Å². The van der Waals surface area contributed by atoms with Crippen molar-refractivity contribution in [2.24, 2.45) is 0 Å². The molecule has 7 heteroatoms. The fourth-order valence-electron chi connectivity index (χ4n) is 2.41. The Morgan fingerprint density at radius 1 is 0.885 bits per heavy atom. The highest BCUT2D eigenvalue weighted by atomic mass is 16.5. The van der Waals surface area contributed by atoms with Gasteiger partial charge in [0.05, 0.1) is 19.9 Å². The lowest BCUT2D eigenvalue weighted by Gasteiger charge is -2.07. The van der Waals surface area contributed by atoms with E-state index in [9.17, 15) is 9.59 Å². The summed E-state index contributed by atoms with van der Waals surface area (Å²) < 4.78 is 10.4. The zero-order valence-corrected chi connectivity index (χ0v) is 14.3. The summed E-state index contributed by atoms with van der Waals surface area (Å²) in [5.74, 6) is 1.10. The molecule has 7 nitrogen and oxygen atoms in total. The standard InChI is InChI=1S/C19H17N3O4/c1-25-16-7-6-12(10-17(16)26-2)9-14-18(23)22-15(19(24)21-14)11-13-5-3-4-8-20-13/h3-11H,1-2H3,(H,21,24)(H,22,23)/b14-9-,15-11-. The van der Waals surface area contributed by atoms with E-state index in [-0.39, 0.29) is 10.7 Å². The Morgan fingerprint density at radius 3 is 2.19 bits per heavy atom. The molecule has 3 rings (SSSR count). The largest absolute Gasteiger partial charge is 0.493 e. The van der Waals surface area contributed by atoms with Gasteiger partial charge < -0.3 is 19.4 Å². The van der Waals surface area contributed by atoms with E-state index < -0.39 is 11.1 Å². The Morgan fingerprint density at radius 2 is 1.58 bits per heavy atom. The SMILES string of the molecule is COc1ccc(/C=c2\[nH]c(=O)/c(=C/c3ccccn3)[nH]c2=O)cc1OC. The van der Waals surface area contributed by atoms with Crippen LogP contribution in [-0.4, -0.2) is 29.2 Å². The quantitative estimate of drug-likeness (QED) is 0.697. The minimum atomic E-state index is -0.415.